The summed E-state index contributed by atoms with van der Waals surface area (Å²) in [6.07, 6.45) is 3.64. The third-order valence-corrected chi connectivity index (χ3v) is 4.64. The summed E-state index contributed by atoms with van der Waals surface area (Å²) in [5.74, 6) is 0.980. The van der Waals surface area contributed by atoms with Gasteiger partial charge in [0.1, 0.15) is 5.75 Å². The Morgan fingerprint density at radius 1 is 0.960 bits per heavy atom. The molecule has 4 rings (SSSR count). The van der Waals surface area contributed by atoms with E-state index >= 15 is 0 Å². The topological polar surface area (TPSA) is 52.3 Å². The van der Waals surface area contributed by atoms with Crippen molar-refractivity contribution in [2.75, 3.05) is 0 Å². The van der Waals surface area contributed by atoms with Crippen LogP contribution < -0.4 is 4.74 Å². The molecule has 7 heteroatoms. The molecule has 0 N–H and O–H groups in total. The zero-order valence-corrected chi connectivity index (χ0v) is 13.6. The Morgan fingerprint density at radius 3 is 2.44 bits per heavy atom. The van der Waals surface area contributed by atoms with E-state index in [1.807, 2.05) is 12.1 Å². The Balaban J connectivity index is 1.53. The fourth-order valence-corrected chi connectivity index (χ4v) is 3.34. The molecule has 2 aromatic heterocycles. The number of nitrogens with zero attached hydrogens (tertiary/aromatic N) is 4. The number of halogens is 2. The van der Waals surface area contributed by atoms with Crippen LogP contribution in [0.3, 0.4) is 0 Å². The van der Waals surface area contributed by atoms with Crippen LogP contribution in [-0.4, -0.2) is 19.8 Å². The molecule has 1 aliphatic rings. The first-order chi connectivity index (χ1) is 12.2. The lowest BCUT2D eigenvalue weighted by Gasteiger charge is -2.22. The average Bonchev–Trinajstić information content (AvgIpc) is 3.07. The first kappa shape index (κ1) is 15.9. The van der Waals surface area contributed by atoms with Gasteiger partial charge in [-0.3, -0.25) is 0 Å². The molecule has 0 unspecified atom stereocenters. The van der Waals surface area contributed by atoms with E-state index < -0.39 is 12.2 Å². The molecule has 1 aliphatic carbocycles. The van der Waals surface area contributed by atoms with Crippen LogP contribution in [0.4, 0.5) is 8.78 Å². The van der Waals surface area contributed by atoms with E-state index in [-0.39, 0.29) is 11.5 Å². The minimum absolute atomic E-state index is 0.222. The number of hydrogen-bond donors (Lipinski definition) is 0. The van der Waals surface area contributed by atoms with Gasteiger partial charge in [-0.2, -0.15) is 4.52 Å². The Labute approximate surface area is 143 Å². The average molecular weight is 344 g/mol. The second-order valence-electron chi connectivity index (χ2n) is 6.31. The molecule has 130 valence electrons. The van der Waals surface area contributed by atoms with Crippen molar-refractivity contribution in [1.82, 2.24) is 19.8 Å². The third-order valence-electron chi connectivity index (χ3n) is 4.64. The van der Waals surface area contributed by atoms with Crippen molar-refractivity contribution in [3.63, 3.8) is 0 Å². The number of benzene rings is 1. The van der Waals surface area contributed by atoms with Gasteiger partial charge >= 0.3 is 0 Å². The lowest BCUT2D eigenvalue weighted by molar-refractivity contribution is 0.137. The zero-order chi connectivity index (χ0) is 17.2. The van der Waals surface area contributed by atoms with Gasteiger partial charge in [0.2, 0.25) is 11.7 Å². The molecule has 1 saturated carbocycles. The molecule has 2 heterocycles. The van der Waals surface area contributed by atoms with Gasteiger partial charge in [0.05, 0.1) is 0 Å². The number of aromatic nitrogens is 4. The van der Waals surface area contributed by atoms with Crippen molar-refractivity contribution in [3.8, 4) is 11.6 Å². The summed E-state index contributed by atoms with van der Waals surface area (Å²) in [4.78, 5) is 0. The molecule has 0 saturated heterocycles. The monoisotopic (exact) mass is 344 g/mol. The van der Waals surface area contributed by atoms with Gasteiger partial charge in [0.15, 0.2) is 5.65 Å². The fraction of sp³-hybridized carbons (Fsp3) is 0.389. The van der Waals surface area contributed by atoms with E-state index in [2.05, 4.69) is 27.4 Å². The summed E-state index contributed by atoms with van der Waals surface area (Å²) in [6, 6.07) is 11.1. The van der Waals surface area contributed by atoms with Gasteiger partial charge in [-0.05, 0) is 42.5 Å². The molecule has 0 amide bonds. The summed E-state index contributed by atoms with van der Waals surface area (Å²) in [5.41, 5.74) is 1.59. The van der Waals surface area contributed by atoms with Crippen molar-refractivity contribution in [2.24, 2.45) is 0 Å². The van der Waals surface area contributed by atoms with E-state index in [1.54, 1.807) is 12.1 Å². The fourth-order valence-electron chi connectivity index (χ4n) is 3.34. The maximum atomic E-state index is 12.9. The number of alkyl halides is 2. The lowest BCUT2D eigenvalue weighted by atomic mass is 9.84. The number of ether oxygens (including phenoxy) is 1. The van der Waals surface area contributed by atoms with Gasteiger partial charge in [-0.15, -0.1) is 15.3 Å². The Hall–Kier alpha value is -2.57. The zero-order valence-electron chi connectivity index (χ0n) is 13.6. The van der Waals surface area contributed by atoms with Crippen LogP contribution >= 0.6 is 0 Å². The SMILES string of the molecule is FC(F)c1nnc2ccc(Oc3ccc(C4CCCCC4)cc3)nn12. The molecule has 3 aromatic rings. The van der Waals surface area contributed by atoms with Crippen LogP contribution in [0.1, 0.15) is 55.8 Å². The van der Waals surface area contributed by atoms with Crippen molar-refractivity contribution in [1.29, 1.82) is 0 Å². The second kappa shape index (κ2) is 6.74. The van der Waals surface area contributed by atoms with Crippen LogP contribution in [0, 0.1) is 0 Å². The summed E-state index contributed by atoms with van der Waals surface area (Å²) in [6.45, 7) is 0. The maximum Gasteiger partial charge on any atom is 0.299 e. The highest BCUT2D eigenvalue weighted by Gasteiger charge is 2.18. The normalized spacial score (nSPS) is 15.8. The van der Waals surface area contributed by atoms with Crippen LogP contribution in [0.2, 0.25) is 0 Å². The van der Waals surface area contributed by atoms with Gasteiger partial charge in [-0.1, -0.05) is 31.4 Å². The Kier molecular flexibility index (Phi) is 4.29. The van der Waals surface area contributed by atoms with E-state index in [9.17, 15) is 8.78 Å². The molecule has 5 nitrogen and oxygen atoms in total. The highest BCUT2D eigenvalue weighted by molar-refractivity contribution is 5.39. The minimum Gasteiger partial charge on any atom is -0.438 e. The van der Waals surface area contributed by atoms with Crippen molar-refractivity contribution in [2.45, 2.75) is 44.4 Å². The number of hydrogen-bond acceptors (Lipinski definition) is 4. The van der Waals surface area contributed by atoms with Gasteiger partial charge in [-0.25, -0.2) is 8.78 Å². The standard InChI is InChI=1S/C18H18F2N4O/c19-17(20)18-22-21-15-10-11-16(23-24(15)18)25-14-8-6-13(7-9-14)12-4-2-1-3-5-12/h6-12,17H,1-5H2. The summed E-state index contributed by atoms with van der Waals surface area (Å²) in [7, 11) is 0. The molecular formula is C18H18F2N4O. The predicted molar refractivity (Wildman–Crippen MR) is 88.1 cm³/mol. The molecule has 0 radical (unpaired) electrons. The van der Waals surface area contributed by atoms with Crippen LogP contribution in [-0.2, 0) is 0 Å². The van der Waals surface area contributed by atoms with E-state index in [0.29, 0.717) is 11.7 Å². The van der Waals surface area contributed by atoms with Crippen molar-refractivity contribution in [3.05, 3.63) is 47.8 Å². The third kappa shape index (κ3) is 3.31. The molecule has 0 atom stereocenters. The molecule has 0 spiro atoms. The summed E-state index contributed by atoms with van der Waals surface area (Å²) < 4.78 is 32.5. The number of rotatable bonds is 4. The quantitative estimate of drug-likeness (QED) is 0.675. The minimum atomic E-state index is -2.74. The van der Waals surface area contributed by atoms with Crippen LogP contribution in [0.15, 0.2) is 36.4 Å². The number of fused-ring (bicyclic) bond motifs is 1. The molecule has 0 bridgehead atoms. The highest BCUT2D eigenvalue weighted by atomic mass is 19.3. The Morgan fingerprint density at radius 2 is 1.72 bits per heavy atom. The van der Waals surface area contributed by atoms with E-state index in [0.717, 1.165) is 4.52 Å². The van der Waals surface area contributed by atoms with Gasteiger partial charge in [0, 0.05) is 6.07 Å². The highest BCUT2D eigenvalue weighted by Crippen LogP contribution is 2.33. The maximum absolute atomic E-state index is 12.9. The first-order valence-corrected chi connectivity index (χ1v) is 8.49. The largest absolute Gasteiger partial charge is 0.438 e. The molecule has 0 aliphatic heterocycles. The van der Waals surface area contributed by atoms with Crippen LogP contribution in [0.5, 0.6) is 11.6 Å². The predicted octanol–water partition coefficient (Wildman–Crippen LogP) is 4.90. The molecule has 1 aromatic carbocycles. The molecular weight excluding hydrogens is 326 g/mol. The molecule has 25 heavy (non-hydrogen) atoms. The molecule has 1 fully saturated rings. The van der Waals surface area contributed by atoms with E-state index in [4.69, 9.17) is 4.74 Å². The van der Waals surface area contributed by atoms with Gasteiger partial charge < -0.3 is 4.74 Å². The summed E-state index contributed by atoms with van der Waals surface area (Å²) in [5, 5.41) is 11.2. The van der Waals surface area contributed by atoms with Crippen LogP contribution in [0.25, 0.3) is 5.65 Å². The lowest BCUT2D eigenvalue weighted by Crippen LogP contribution is -2.04. The summed E-state index contributed by atoms with van der Waals surface area (Å²) >= 11 is 0. The first-order valence-electron chi connectivity index (χ1n) is 8.49. The smallest absolute Gasteiger partial charge is 0.299 e. The Bertz CT molecular complexity index is 857. The van der Waals surface area contributed by atoms with Crippen molar-refractivity contribution >= 4 is 5.65 Å². The second-order valence-corrected chi connectivity index (χ2v) is 6.31. The van der Waals surface area contributed by atoms with Crippen molar-refractivity contribution < 1.29 is 13.5 Å². The van der Waals surface area contributed by atoms with E-state index in [1.165, 1.54) is 37.7 Å². The van der Waals surface area contributed by atoms with Gasteiger partial charge in [0.25, 0.3) is 6.43 Å².